The lowest BCUT2D eigenvalue weighted by Gasteiger charge is -2.23. The maximum absolute atomic E-state index is 13.3. The maximum atomic E-state index is 13.3. The zero-order valence-corrected chi connectivity index (χ0v) is 21.4. The summed E-state index contributed by atoms with van der Waals surface area (Å²) in [6.45, 7) is 10.1. The minimum absolute atomic E-state index is 0.0185. The molecule has 6 nitrogen and oxygen atoms in total. The van der Waals surface area contributed by atoms with Gasteiger partial charge in [0.25, 0.3) is 5.78 Å². The number of ketones is 1. The molecule has 0 unspecified atom stereocenters. The second-order valence-corrected chi connectivity index (χ2v) is 10.7. The van der Waals surface area contributed by atoms with E-state index in [0.29, 0.717) is 22.8 Å². The highest BCUT2D eigenvalue weighted by Crippen LogP contribution is 2.43. The average molecular weight is 523 g/mol. The molecule has 34 heavy (non-hydrogen) atoms. The summed E-state index contributed by atoms with van der Waals surface area (Å²) in [7, 11) is 0. The van der Waals surface area contributed by atoms with Crippen LogP contribution in [0.25, 0.3) is 5.76 Å². The smallest absolute Gasteiger partial charge is 0.301 e. The quantitative estimate of drug-likeness (QED) is 0.240. The summed E-state index contributed by atoms with van der Waals surface area (Å²) in [5.74, 6) is -0.603. The molecule has 0 spiro atoms. The first-order chi connectivity index (χ1) is 16.0. The highest BCUT2D eigenvalue weighted by molar-refractivity contribution is 9.10. The predicted octanol–water partition coefficient (Wildman–Crippen LogP) is 6.48. The van der Waals surface area contributed by atoms with Crippen molar-refractivity contribution < 1.29 is 19.2 Å². The van der Waals surface area contributed by atoms with Gasteiger partial charge in [0.1, 0.15) is 11.5 Å². The number of Topliss-reactive ketones (excluding diaryl/α,β-unsaturated/α-hetero) is 1. The molecular weight excluding hydrogens is 496 g/mol. The zero-order valence-electron chi connectivity index (χ0n) is 19.8. The molecule has 1 aliphatic rings. The number of anilines is 1. The van der Waals surface area contributed by atoms with Gasteiger partial charge in [-0.2, -0.15) is 0 Å². The van der Waals surface area contributed by atoms with Crippen molar-refractivity contribution >= 4 is 39.2 Å². The average Bonchev–Trinajstić information content (AvgIpc) is 3.37. The van der Waals surface area contributed by atoms with Crippen molar-refractivity contribution in [2.75, 3.05) is 4.90 Å². The minimum Gasteiger partial charge on any atom is -0.507 e. The van der Waals surface area contributed by atoms with Crippen LogP contribution in [0.3, 0.4) is 0 Å². The van der Waals surface area contributed by atoms with Gasteiger partial charge in [-0.3, -0.25) is 14.5 Å². The molecule has 176 valence electrons. The van der Waals surface area contributed by atoms with Crippen LogP contribution in [-0.2, 0) is 15.0 Å². The Hall–Kier alpha value is -3.19. The van der Waals surface area contributed by atoms with Crippen LogP contribution >= 0.6 is 15.9 Å². The molecule has 1 aromatic heterocycles. The first kappa shape index (κ1) is 24.0. The molecule has 3 aromatic rings. The second-order valence-electron chi connectivity index (χ2n) is 9.80. The zero-order chi connectivity index (χ0) is 24.8. The van der Waals surface area contributed by atoms with Crippen molar-refractivity contribution in [2.24, 2.45) is 0 Å². The summed E-state index contributed by atoms with van der Waals surface area (Å²) in [6, 6.07) is 15.5. The summed E-state index contributed by atoms with van der Waals surface area (Å²) >= 11 is 3.38. The fourth-order valence-electron chi connectivity index (χ4n) is 3.94. The standard InChI is InChI=1S/C27H27BrN2O4/c1-15(2)16-6-8-17(9-7-16)23-22(24(31)18-10-12-19(28)13-11-18)25(32)26(33)30(23)21-14-20(34-29-21)27(3,4)5/h6-15,23,31H,1-5H3/b24-22+/t23-/m1/s1. The lowest BCUT2D eigenvalue weighted by atomic mass is 9.92. The van der Waals surface area contributed by atoms with Gasteiger partial charge in [-0.25, -0.2) is 0 Å². The van der Waals surface area contributed by atoms with Gasteiger partial charge in [0.2, 0.25) is 0 Å². The van der Waals surface area contributed by atoms with Crippen LogP contribution in [0.4, 0.5) is 5.82 Å². The number of aromatic nitrogens is 1. The van der Waals surface area contributed by atoms with Gasteiger partial charge < -0.3 is 9.63 Å². The molecule has 1 fully saturated rings. The van der Waals surface area contributed by atoms with Gasteiger partial charge in [0, 0.05) is 21.5 Å². The van der Waals surface area contributed by atoms with E-state index < -0.39 is 17.7 Å². The number of rotatable bonds is 4. The third-order valence-corrected chi connectivity index (χ3v) is 6.49. The minimum atomic E-state index is -0.845. The number of amides is 1. The highest BCUT2D eigenvalue weighted by Gasteiger charge is 2.48. The van der Waals surface area contributed by atoms with Gasteiger partial charge in [-0.15, -0.1) is 0 Å². The Morgan fingerprint density at radius 3 is 2.21 bits per heavy atom. The molecule has 2 aromatic carbocycles. The lowest BCUT2D eigenvalue weighted by Crippen LogP contribution is -2.29. The van der Waals surface area contributed by atoms with Crippen molar-refractivity contribution in [3.8, 4) is 0 Å². The molecule has 0 bridgehead atoms. The molecule has 1 amide bonds. The fraction of sp³-hybridized carbons (Fsp3) is 0.296. The van der Waals surface area contributed by atoms with E-state index in [1.54, 1.807) is 30.3 Å². The Morgan fingerprint density at radius 1 is 1.06 bits per heavy atom. The first-order valence-electron chi connectivity index (χ1n) is 11.1. The number of hydrogen-bond acceptors (Lipinski definition) is 5. The van der Waals surface area contributed by atoms with E-state index in [2.05, 4.69) is 34.9 Å². The monoisotopic (exact) mass is 522 g/mol. The summed E-state index contributed by atoms with van der Waals surface area (Å²) in [5, 5.41) is 15.3. The van der Waals surface area contributed by atoms with Gasteiger partial charge >= 0.3 is 5.91 Å². The Labute approximate surface area is 207 Å². The molecule has 0 aliphatic carbocycles. The number of carbonyl (C=O) groups excluding carboxylic acids is 2. The largest absolute Gasteiger partial charge is 0.507 e. The van der Waals surface area contributed by atoms with E-state index in [-0.39, 0.29) is 22.6 Å². The van der Waals surface area contributed by atoms with Crippen molar-refractivity contribution in [2.45, 2.75) is 52.0 Å². The molecule has 2 heterocycles. The second kappa shape index (κ2) is 8.87. The van der Waals surface area contributed by atoms with E-state index in [0.717, 1.165) is 10.0 Å². The number of aliphatic hydroxyl groups excluding tert-OH is 1. The van der Waals surface area contributed by atoms with Crippen LogP contribution < -0.4 is 4.90 Å². The lowest BCUT2D eigenvalue weighted by molar-refractivity contribution is -0.132. The van der Waals surface area contributed by atoms with Gasteiger partial charge in [0.15, 0.2) is 5.82 Å². The SMILES string of the molecule is CC(C)c1ccc([C@@H]2/C(=C(\O)c3ccc(Br)cc3)C(=O)C(=O)N2c2cc(C(C)(C)C)on2)cc1. The van der Waals surface area contributed by atoms with Crippen LogP contribution in [-0.4, -0.2) is 22.0 Å². The van der Waals surface area contributed by atoms with Crippen molar-refractivity contribution in [3.63, 3.8) is 0 Å². The summed E-state index contributed by atoms with van der Waals surface area (Å²) < 4.78 is 6.35. The van der Waals surface area contributed by atoms with E-state index in [1.165, 1.54) is 4.90 Å². The van der Waals surface area contributed by atoms with Gasteiger partial charge in [0.05, 0.1) is 11.6 Å². The molecule has 7 heteroatoms. The number of carbonyl (C=O) groups is 2. The Morgan fingerprint density at radius 2 is 1.68 bits per heavy atom. The number of aliphatic hydroxyl groups is 1. The van der Waals surface area contributed by atoms with E-state index in [9.17, 15) is 14.7 Å². The van der Waals surface area contributed by atoms with Crippen LogP contribution in [0.2, 0.25) is 0 Å². The molecule has 1 atom stereocenters. The predicted molar refractivity (Wildman–Crippen MR) is 135 cm³/mol. The molecule has 1 aliphatic heterocycles. The van der Waals surface area contributed by atoms with Crippen LogP contribution in [0.1, 0.15) is 69.0 Å². The molecule has 0 saturated carbocycles. The molecule has 0 radical (unpaired) electrons. The van der Waals surface area contributed by atoms with Crippen LogP contribution in [0, 0.1) is 0 Å². The Balaban J connectivity index is 1.91. The topological polar surface area (TPSA) is 83.6 Å². The number of nitrogens with zero attached hydrogens (tertiary/aromatic N) is 2. The maximum Gasteiger partial charge on any atom is 0.301 e. The van der Waals surface area contributed by atoms with E-state index in [1.807, 2.05) is 45.0 Å². The van der Waals surface area contributed by atoms with Crippen molar-refractivity contribution in [1.82, 2.24) is 5.16 Å². The molecular formula is C27H27BrN2O4. The number of halogens is 1. The van der Waals surface area contributed by atoms with Gasteiger partial charge in [-0.05, 0) is 29.2 Å². The van der Waals surface area contributed by atoms with Crippen LogP contribution in [0.15, 0.2) is 69.2 Å². The van der Waals surface area contributed by atoms with Gasteiger partial charge in [-0.1, -0.05) is 92.1 Å². The fourth-order valence-corrected chi connectivity index (χ4v) is 4.21. The highest BCUT2D eigenvalue weighted by atomic mass is 79.9. The number of hydrogen-bond donors (Lipinski definition) is 1. The Bertz CT molecular complexity index is 1270. The molecule has 1 N–H and O–H groups in total. The van der Waals surface area contributed by atoms with Crippen LogP contribution in [0.5, 0.6) is 0 Å². The summed E-state index contributed by atoms with van der Waals surface area (Å²) in [5.41, 5.74) is 1.96. The van der Waals surface area contributed by atoms with Crippen molar-refractivity contribution in [1.29, 1.82) is 0 Å². The Kier molecular flexibility index (Phi) is 6.25. The number of benzene rings is 2. The molecule has 1 saturated heterocycles. The van der Waals surface area contributed by atoms with Crippen molar-refractivity contribution in [3.05, 3.63) is 87.1 Å². The molecule has 4 rings (SSSR count). The summed E-state index contributed by atoms with van der Waals surface area (Å²) in [4.78, 5) is 27.8. The normalized spacial score (nSPS) is 18.2. The first-order valence-corrected chi connectivity index (χ1v) is 11.9. The third-order valence-electron chi connectivity index (χ3n) is 5.96. The summed E-state index contributed by atoms with van der Waals surface area (Å²) in [6.07, 6.45) is 0. The third kappa shape index (κ3) is 4.32. The van der Waals surface area contributed by atoms with E-state index >= 15 is 0 Å². The van der Waals surface area contributed by atoms with E-state index in [4.69, 9.17) is 4.52 Å².